The lowest BCUT2D eigenvalue weighted by Gasteiger charge is -2.41. The van der Waals surface area contributed by atoms with Gasteiger partial charge in [0.05, 0.1) is 12.1 Å². The summed E-state index contributed by atoms with van der Waals surface area (Å²) in [7, 11) is 1.71. The van der Waals surface area contributed by atoms with Gasteiger partial charge in [-0.2, -0.15) is 0 Å². The molecule has 2 aromatic rings. The molecule has 0 radical (unpaired) electrons. The van der Waals surface area contributed by atoms with Gasteiger partial charge in [-0.25, -0.2) is 0 Å². The number of rotatable bonds is 21. The van der Waals surface area contributed by atoms with E-state index in [1.54, 1.807) is 18.9 Å². The van der Waals surface area contributed by atoms with Crippen molar-refractivity contribution < 1.29 is 19.2 Å². The Morgan fingerprint density at radius 2 is 1.29 bits per heavy atom. The van der Waals surface area contributed by atoms with Crippen LogP contribution >= 0.6 is 0 Å². The van der Waals surface area contributed by atoms with E-state index >= 15 is 0 Å². The van der Waals surface area contributed by atoms with E-state index in [4.69, 9.17) is 0 Å². The monoisotopic (exact) mass is 713 g/mol. The van der Waals surface area contributed by atoms with Crippen molar-refractivity contribution in [2.75, 3.05) is 20.1 Å². The summed E-state index contributed by atoms with van der Waals surface area (Å²) in [6.07, 6.45) is 19.0. The summed E-state index contributed by atoms with van der Waals surface area (Å²) in [5.41, 5.74) is 0.721. The number of nitrogens with zero attached hydrogens (tertiary/aromatic N) is 2. The van der Waals surface area contributed by atoms with Crippen molar-refractivity contribution in [2.45, 2.75) is 141 Å². The van der Waals surface area contributed by atoms with Crippen molar-refractivity contribution in [3.8, 4) is 0 Å². The van der Waals surface area contributed by atoms with Crippen LogP contribution in [-0.2, 0) is 19.2 Å². The Labute approximate surface area is 312 Å². The molecule has 284 valence electrons. The second kappa shape index (κ2) is 21.5. The molecule has 2 atom stereocenters. The molecule has 2 aliphatic rings. The second-order valence-electron chi connectivity index (χ2n) is 14.7. The fourth-order valence-electron chi connectivity index (χ4n) is 7.57. The summed E-state index contributed by atoms with van der Waals surface area (Å²) >= 11 is 0. The van der Waals surface area contributed by atoms with Gasteiger partial charge < -0.3 is 25.8 Å². The topological polar surface area (TPSA) is 111 Å². The summed E-state index contributed by atoms with van der Waals surface area (Å²) in [5, 5.41) is 9.16. The van der Waals surface area contributed by atoms with E-state index in [9.17, 15) is 19.2 Å². The van der Waals surface area contributed by atoms with Crippen molar-refractivity contribution >= 4 is 23.6 Å². The van der Waals surface area contributed by atoms with Crippen molar-refractivity contribution in [3.05, 3.63) is 83.7 Å². The minimum atomic E-state index is -1.18. The molecule has 3 N–H and O–H groups in total. The second-order valence-corrected chi connectivity index (χ2v) is 14.7. The summed E-state index contributed by atoms with van der Waals surface area (Å²) < 4.78 is 0. The first-order valence-electron chi connectivity index (χ1n) is 20.0. The Balaban J connectivity index is 1.41. The van der Waals surface area contributed by atoms with Gasteiger partial charge in [0.1, 0.15) is 11.2 Å². The average Bonchev–Trinajstić information content (AvgIpc) is 3.60. The van der Waals surface area contributed by atoms with Crippen LogP contribution in [0.5, 0.6) is 0 Å². The molecule has 0 unspecified atom stereocenters. The molecule has 1 saturated heterocycles. The summed E-state index contributed by atoms with van der Waals surface area (Å²) in [6, 6.07) is 18.7. The summed E-state index contributed by atoms with van der Waals surface area (Å²) in [5.74, 6) is -1.17. The molecule has 9 nitrogen and oxygen atoms in total. The molecule has 9 heteroatoms. The van der Waals surface area contributed by atoms with Crippen molar-refractivity contribution in [3.63, 3.8) is 0 Å². The van der Waals surface area contributed by atoms with Crippen molar-refractivity contribution in [1.29, 1.82) is 0 Å². The summed E-state index contributed by atoms with van der Waals surface area (Å²) in [4.78, 5) is 58.9. The molecule has 52 heavy (non-hydrogen) atoms. The number of benzene rings is 2. The van der Waals surface area contributed by atoms with E-state index < -0.39 is 23.5 Å². The number of hydrogen-bond donors (Lipinski definition) is 3. The highest BCUT2D eigenvalue weighted by molar-refractivity contribution is 6.02. The maximum absolute atomic E-state index is 14.6. The largest absolute Gasteiger partial charge is 0.343 e. The van der Waals surface area contributed by atoms with E-state index in [2.05, 4.69) is 22.9 Å². The molecule has 2 aromatic carbocycles. The number of unbranched alkanes of at least 4 members (excludes halogenated alkanes) is 12. The molecule has 0 spiro atoms. The predicted octanol–water partition coefficient (Wildman–Crippen LogP) is 7.53. The third-order valence-corrected chi connectivity index (χ3v) is 10.8. The van der Waals surface area contributed by atoms with Crippen LogP contribution in [-0.4, -0.2) is 65.1 Å². The minimum Gasteiger partial charge on any atom is -0.343 e. The zero-order valence-corrected chi connectivity index (χ0v) is 32.0. The molecule has 0 saturated carbocycles. The molecule has 0 aromatic heterocycles. The van der Waals surface area contributed by atoms with Gasteiger partial charge in [-0.3, -0.25) is 19.2 Å². The van der Waals surface area contributed by atoms with Crippen molar-refractivity contribution in [1.82, 2.24) is 25.8 Å². The quantitative estimate of drug-likeness (QED) is 0.116. The number of carbonyl (C=O) groups is 4. The standard InChI is InChI=1S/C43H63N5O4/c1-4-5-6-7-8-9-10-11-12-13-14-15-22-28-38(49)45-37-33-47(40(50)34(2)44-3)32-30-43(29-23-31-48(43)41(37)51)42(52)46-39(35-24-18-16-19-25-35)36-26-20-17-21-27-36/h16-21,24-27,33-34,39,44H,4-15,22-23,28-32H2,1-3H3,(H,45,49)(H,46,52)/b37-33+/t34-,43+/m1/s1. The SMILES string of the molecule is CCCCCCCCCCCCCCCC(=O)N/C1=C/N(C(=O)[C@@H](C)NC)CC[C@]2(C(=O)NC(c3ccccc3)c3ccccc3)CCCN2C1=O. The van der Waals surface area contributed by atoms with Crippen LogP contribution in [0.1, 0.15) is 140 Å². The van der Waals surface area contributed by atoms with E-state index in [0.29, 0.717) is 25.8 Å². The number of likely N-dealkylation sites (N-methyl/N-ethyl adjacent to an activating group) is 1. The van der Waals surface area contributed by atoms with Gasteiger partial charge in [0.25, 0.3) is 5.91 Å². The lowest BCUT2D eigenvalue weighted by atomic mass is 9.88. The number of hydrogen-bond acceptors (Lipinski definition) is 5. The van der Waals surface area contributed by atoms with Crippen molar-refractivity contribution in [2.24, 2.45) is 0 Å². The molecule has 4 amide bonds. The molecule has 0 bridgehead atoms. The van der Waals surface area contributed by atoms with Crippen LogP contribution in [0.2, 0.25) is 0 Å². The van der Waals surface area contributed by atoms with E-state index in [0.717, 1.165) is 30.4 Å². The van der Waals surface area contributed by atoms with Crippen LogP contribution in [0.25, 0.3) is 0 Å². The van der Waals surface area contributed by atoms with Crippen LogP contribution in [0.4, 0.5) is 0 Å². The molecule has 1 fully saturated rings. The van der Waals surface area contributed by atoms with Crippen LogP contribution in [0.15, 0.2) is 72.6 Å². The Bertz CT molecular complexity index is 1410. The Morgan fingerprint density at radius 3 is 1.83 bits per heavy atom. The average molecular weight is 714 g/mol. The maximum Gasteiger partial charge on any atom is 0.272 e. The summed E-state index contributed by atoms with van der Waals surface area (Å²) in [6.45, 7) is 4.63. The maximum atomic E-state index is 14.6. The lowest BCUT2D eigenvalue weighted by molar-refractivity contribution is -0.145. The third-order valence-electron chi connectivity index (χ3n) is 10.8. The van der Waals surface area contributed by atoms with Crippen LogP contribution < -0.4 is 16.0 Å². The first-order valence-corrected chi connectivity index (χ1v) is 20.0. The molecule has 4 rings (SSSR count). The first kappa shape index (κ1) is 40.8. The fourth-order valence-corrected chi connectivity index (χ4v) is 7.57. The van der Waals surface area contributed by atoms with Gasteiger partial charge in [-0.05, 0) is 50.8 Å². The highest BCUT2D eigenvalue weighted by atomic mass is 16.2. The molecular formula is C43H63N5O4. The smallest absolute Gasteiger partial charge is 0.272 e. The fraction of sp³-hybridized carbons (Fsp3) is 0.581. The molecule has 0 aliphatic carbocycles. The minimum absolute atomic E-state index is 0.0396. The number of nitrogens with one attached hydrogen (secondary N) is 3. The zero-order valence-electron chi connectivity index (χ0n) is 32.0. The third kappa shape index (κ3) is 11.5. The number of fused-ring (bicyclic) bond motifs is 1. The van der Waals surface area contributed by atoms with Crippen LogP contribution in [0, 0.1) is 0 Å². The van der Waals surface area contributed by atoms with E-state index in [1.165, 1.54) is 75.3 Å². The van der Waals surface area contributed by atoms with E-state index in [-0.39, 0.29) is 36.4 Å². The highest BCUT2D eigenvalue weighted by Gasteiger charge is 2.51. The zero-order chi connectivity index (χ0) is 37.2. The molecular weight excluding hydrogens is 651 g/mol. The van der Waals surface area contributed by atoms with Gasteiger partial charge in [0.2, 0.25) is 17.7 Å². The number of carbonyl (C=O) groups excluding carboxylic acids is 4. The van der Waals surface area contributed by atoms with Gasteiger partial charge in [0.15, 0.2) is 0 Å². The number of amides is 4. The Hall–Kier alpha value is -3.98. The van der Waals surface area contributed by atoms with Gasteiger partial charge in [-0.1, -0.05) is 145 Å². The Morgan fingerprint density at radius 1 is 0.750 bits per heavy atom. The van der Waals surface area contributed by atoms with Gasteiger partial charge in [-0.15, -0.1) is 0 Å². The van der Waals surface area contributed by atoms with Crippen LogP contribution in [0.3, 0.4) is 0 Å². The van der Waals surface area contributed by atoms with Gasteiger partial charge >= 0.3 is 0 Å². The van der Waals surface area contributed by atoms with Gasteiger partial charge in [0, 0.05) is 25.7 Å². The van der Waals surface area contributed by atoms with E-state index in [1.807, 2.05) is 60.7 Å². The normalized spacial score (nSPS) is 19.0. The highest BCUT2D eigenvalue weighted by Crippen LogP contribution is 2.37. The lowest BCUT2D eigenvalue weighted by Crippen LogP contribution is -2.61. The molecule has 2 aliphatic heterocycles. The molecule has 2 heterocycles. The first-order chi connectivity index (χ1) is 25.3. The predicted molar refractivity (Wildman–Crippen MR) is 208 cm³/mol. The Kier molecular flexibility index (Phi) is 16.9.